The van der Waals surface area contributed by atoms with Crippen LogP contribution in [0.25, 0.3) is 10.8 Å². The summed E-state index contributed by atoms with van der Waals surface area (Å²) in [6, 6.07) is 24.6. The molecule has 0 spiro atoms. The number of anilines is 1. The number of hydrogen-bond donors (Lipinski definition) is 7. The van der Waals surface area contributed by atoms with Gasteiger partial charge in [-0.05, 0) is 48.4 Å². The number of rotatable bonds is 9. The SMILES string of the molecule is CCC(N=C(N)N)C1NC(=O)C(Cc2ccccc2)NC(=O)C(NC(=O)c2ccccc2)CCOCCCOCC(C(=O)Nc2cccc3ccccc23)NC1=O. The van der Waals surface area contributed by atoms with Gasteiger partial charge < -0.3 is 47.5 Å². The topological polar surface area (TPSA) is 228 Å². The Morgan fingerprint density at radius 3 is 2.21 bits per heavy atom. The molecule has 15 heteroatoms. The molecule has 0 saturated carbocycles. The number of fused-ring (bicyclic) bond motifs is 1. The second-order valence-electron chi connectivity index (χ2n) is 13.6. The van der Waals surface area contributed by atoms with Crippen LogP contribution in [-0.2, 0) is 35.1 Å². The maximum absolute atomic E-state index is 14.3. The summed E-state index contributed by atoms with van der Waals surface area (Å²) in [4.78, 5) is 73.9. The molecule has 57 heavy (non-hydrogen) atoms. The van der Waals surface area contributed by atoms with Crippen LogP contribution in [-0.4, -0.2) is 92.1 Å². The second-order valence-corrected chi connectivity index (χ2v) is 13.6. The van der Waals surface area contributed by atoms with E-state index < -0.39 is 59.7 Å². The molecule has 0 radical (unpaired) electrons. The molecule has 4 aromatic carbocycles. The molecule has 9 N–H and O–H groups in total. The van der Waals surface area contributed by atoms with Crippen LogP contribution in [0.1, 0.15) is 42.1 Å². The number of amides is 5. The number of carbonyl (C=O) groups excluding carboxylic acids is 5. The Labute approximate surface area is 331 Å². The van der Waals surface area contributed by atoms with Crippen molar-refractivity contribution in [2.75, 3.05) is 31.7 Å². The minimum absolute atomic E-state index is 0.0333. The zero-order valence-electron chi connectivity index (χ0n) is 31.8. The van der Waals surface area contributed by atoms with E-state index in [4.69, 9.17) is 20.9 Å². The summed E-state index contributed by atoms with van der Waals surface area (Å²) < 4.78 is 11.7. The van der Waals surface area contributed by atoms with Gasteiger partial charge in [0.2, 0.25) is 23.6 Å². The molecule has 4 aromatic rings. The van der Waals surface area contributed by atoms with Crippen LogP contribution >= 0.6 is 0 Å². The Kier molecular flexibility index (Phi) is 15.5. The molecule has 0 aliphatic carbocycles. The number of nitrogens with two attached hydrogens (primary N) is 2. The molecule has 300 valence electrons. The predicted octanol–water partition coefficient (Wildman–Crippen LogP) is 2.15. The Balaban J connectivity index is 1.45. The zero-order valence-corrected chi connectivity index (χ0v) is 31.8. The summed E-state index contributed by atoms with van der Waals surface area (Å²) >= 11 is 0. The first-order valence-corrected chi connectivity index (χ1v) is 19.0. The van der Waals surface area contributed by atoms with Crippen LogP contribution in [0.4, 0.5) is 5.69 Å². The maximum atomic E-state index is 14.3. The normalized spacial score (nSPS) is 20.7. The molecule has 15 nitrogen and oxygen atoms in total. The van der Waals surface area contributed by atoms with Crippen molar-refractivity contribution in [3.63, 3.8) is 0 Å². The van der Waals surface area contributed by atoms with Crippen LogP contribution in [0.5, 0.6) is 0 Å². The average molecular weight is 779 g/mol. The van der Waals surface area contributed by atoms with Gasteiger partial charge in [0.25, 0.3) is 5.91 Å². The van der Waals surface area contributed by atoms with E-state index >= 15 is 0 Å². The van der Waals surface area contributed by atoms with Crippen LogP contribution in [0.2, 0.25) is 0 Å². The van der Waals surface area contributed by atoms with E-state index in [1.54, 1.807) is 67.6 Å². The minimum atomic E-state index is -1.39. The fourth-order valence-corrected chi connectivity index (χ4v) is 6.38. The maximum Gasteiger partial charge on any atom is 0.251 e. The van der Waals surface area contributed by atoms with Crippen molar-refractivity contribution in [2.45, 2.75) is 62.8 Å². The van der Waals surface area contributed by atoms with Gasteiger partial charge in [0.05, 0.1) is 12.6 Å². The van der Waals surface area contributed by atoms with Crippen molar-refractivity contribution in [1.29, 1.82) is 0 Å². The first kappa shape index (κ1) is 41.8. The van der Waals surface area contributed by atoms with Crippen molar-refractivity contribution in [2.24, 2.45) is 16.5 Å². The Morgan fingerprint density at radius 2 is 1.47 bits per heavy atom. The van der Waals surface area contributed by atoms with Crippen molar-refractivity contribution in [1.82, 2.24) is 21.3 Å². The van der Waals surface area contributed by atoms with E-state index in [1.165, 1.54) is 0 Å². The summed E-state index contributed by atoms with van der Waals surface area (Å²) in [5.74, 6) is -3.47. The molecule has 0 aromatic heterocycles. The van der Waals surface area contributed by atoms with Crippen LogP contribution in [0.3, 0.4) is 0 Å². The molecular weight excluding hydrogens is 729 g/mol. The number of aliphatic imine (C=N–C) groups is 1. The Morgan fingerprint density at radius 1 is 0.789 bits per heavy atom. The monoisotopic (exact) mass is 778 g/mol. The third-order valence-electron chi connectivity index (χ3n) is 9.36. The van der Waals surface area contributed by atoms with E-state index in [2.05, 4.69) is 31.6 Å². The van der Waals surface area contributed by atoms with Gasteiger partial charge in [0.1, 0.15) is 24.2 Å². The standard InChI is InChI=1S/C42H50N8O7/c1-2-31(49-42(43)44)36-41(55)48-35(40(54)45-32-20-11-18-28-15-9-10-19-30(28)32)26-57-23-12-22-56-24-21-33(46-37(51)29-16-7-4-8-17-29)38(52)47-34(39(53)50-36)25-27-13-5-3-6-14-27/h3-11,13-20,31,33-36H,2,12,21-26H2,1H3,(H,45,54)(H,46,51)(H,47,52)(H,48,55)(H,50,53)(H4,43,44,49). The summed E-state index contributed by atoms with van der Waals surface area (Å²) in [6.45, 7) is 2.06. The molecule has 0 bridgehead atoms. The van der Waals surface area contributed by atoms with Gasteiger partial charge in [-0.15, -0.1) is 0 Å². The molecule has 1 aliphatic rings. The summed E-state index contributed by atoms with van der Waals surface area (Å²) in [6.07, 6.45) is 0.766. The van der Waals surface area contributed by atoms with Crippen molar-refractivity contribution >= 4 is 52.0 Å². The average Bonchev–Trinajstić information content (AvgIpc) is 3.21. The first-order chi connectivity index (χ1) is 27.6. The highest BCUT2D eigenvalue weighted by Gasteiger charge is 2.35. The number of nitrogens with one attached hydrogen (secondary N) is 5. The fraction of sp³-hybridized carbons (Fsp3) is 0.333. The minimum Gasteiger partial charge on any atom is -0.381 e. The summed E-state index contributed by atoms with van der Waals surface area (Å²) in [5.41, 5.74) is 13.2. The van der Waals surface area contributed by atoms with Crippen molar-refractivity contribution in [3.8, 4) is 0 Å². The number of nitrogens with zero attached hydrogens (tertiary/aromatic N) is 1. The van der Waals surface area contributed by atoms with E-state index in [0.29, 0.717) is 23.2 Å². The Bertz CT molecular complexity index is 2000. The smallest absolute Gasteiger partial charge is 0.251 e. The summed E-state index contributed by atoms with van der Waals surface area (Å²) in [7, 11) is 0. The van der Waals surface area contributed by atoms with E-state index in [1.807, 2.05) is 42.5 Å². The number of guanidine groups is 1. The molecule has 5 rings (SSSR count). The van der Waals surface area contributed by atoms with Gasteiger partial charge in [-0.3, -0.25) is 24.0 Å². The lowest BCUT2D eigenvalue weighted by Gasteiger charge is -2.29. The van der Waals surface area contributed by atoms with Crippen molar-refractivity contribution < 1.29 is 33.4 Å². The number of ether oxygens (including phenoxy) is 2. The van der Waals surface area contributed by atoms with Gasteiger partial charge in [-0.2, -0.15) is 0 Å². The largest absolute Gasteiger partial charge is 0.381 e. The number of carbonyl (C=O) groups is 5. The van der Waals surface area contributed by atoms with Gasteiger partial charge in [0, 0.05) is 42.9 Å². The lowest BCUT2D eigenvalue weighted by molar-refractivity contribution is -0.134. The lowest BCUT2D eigenvalue weighted by atomic mass is 10.0. The highest BCUT2D eigenvalue weighted by atomic mass is 16.5. The number of benzene rings is 4. The van der Waals surface area contributed by atoms with E-state index in [9.17, 15) is 24.0 Å². The van der Waals surface area contributed by atoms with Crippen molar-refractivity contribution in [3.05, 3.63) is 114 Å². The fourth-order valence-electron chi connectivity index (χ4n) is 6.38. The van der Waals surface area contributed by atoms with Gasteiger partial charge in [0.15, 0.2) is 5.96 Å². The second kappa shape index (κ2) is 21.1. The third-order valence-corrected chi connectivity index (χ3v) is 9.36. The number of hydrogen-bond acceptors (Lipinski definition) is 8. The van der Waals surface area contributed by atoms with Gasteiger partial charge >= 0.3 is 0 Å². The zero-order chi connectivity index (χ0) is 40.6. The molecule has 5 atom stereocenters. The molecule has 1 aliphatic heterocycles. The van der Waals surface area contributed by atoms with E-state index in [-0.39, 0.29) is 51.6 Å². The molecule has 5 unspecified atom stereocenters. The molecular formula is C42H50N8O7. The third kappa shape index (κ3) is 12.3. The van der Waals surface area contributed by atoms with Crippen LogP contribution < -0.4 is 38.1 Å². The highest BCUT2D eigenvalue weighted by Crippen LogP contribution is 2.23. The molecule has 1 fully saturated rings. The molecule has 5 amide bonds. The van der Waals surface area contributed by atoms with Gasteiger partial charge in [-0.1, -0.05) is 91.9 Å². The van der Waals surface area contributed by atoms with E-state index in [0.717, 1.165) is 10.8 Å². The highest BCUT2D eigenvalue weighted by molar-refractivity contribution is 6.05. The lowest BCUT2D eigenvalue weighted by Crippen LogP contribution is -2.61. The van der Waals surface area contributed by atoms with Crippen LogP contribution in [0.15, 0.2) is 108 Å². The Hall–Kier alpha value is -6.32. The predicted molar refractivity (Wildman–Crippen MR) is 217 cm³/mol. The molecule has 1 heterocycles. The quantitative estimate of drug-likeness (QED) is 0.0975. The summed E-state index contributed by atoms with van der Waals surface area (Å²) in [5, 5.41) is 15.7. The van der Waals surface area contributed by atoms with Gasteiger partial charge in [-0.25, -0.2) is 4.99 Å². The first-order valence-electron chi connectivity index (χ1n) is 19.0. The van der Waals surface area contributed by atoms with Crippen LogP contribution in [0, 0.1) is 0 Å². The molecule has 1 saturated heterocycles.